The average molecular weight is 451 g/mol. The number of thioether (sulfide) groups is 1. The van der Waals surface area contributed by atoms with Crippen molar-refractivity contribution in [2.75, 3.05) is 6.54 Å². The predicted molar refractivity (Wildman–Crippen MR) is 122 cm³/mol. The van der Waals surface area contributed by atoms with Crippen LogP contribution in [0, 0.1) is 11.7 Å². The first-order chi connectivity index (χ1) is 15.5. The molecule has 0 atom stereocenters. The van der Waals surface area contributed by atoms with Crippen LogP contribution in [0.3, 0.4) is 0 Å². The fourth-order valence-corrected chi connectivity index (χ4v) is 3.98. The molecule has 0 saturated heterocycles. The molecule has 0 aliphatic heterocycles. The maximum Gasteiger partial charge on any atom is 0.251 e. The minimum Gasteiger partial charge on any atom is -0.461 e. The number of amides is 1. The standard InChI is InChI=1S/C24H23FN4O2S/c1-16(2)14-26-23(30)18-11-9-17(10-12-18)15-32-24-28-27-22(21-8-5-13-31-21)29(24)20-7-4-3-6-19(20)25/h3-13,16H,14-15H2,1-2H3,(H,26,30). The van der Waals surface area contributed by atoms with Crippen molar-refractivity contribution in [3.8, 4) is 17.3 Å². The summed E-state index contributed by atoms with van der Waals surface area (Å²) in [6.45, 7) is 4.75. The van der Waals surface area contributed by atoms with Crippen molar-refractivity contribution in [2.24, 2.45) is 5.92 Å². The summed E-state index contributed by atoms with van der Waals surface area (Å²) >= 11 is 1.43. The third kappa shape index (κ3) is 4.91. The molecule has 4 aromatic rings. The third-order valence-electron chi connectivity index (χ3n) is 4.72. The lowest BCUT2D eigenvalue weighted by Crippen LogP contribution is -2.27. The van der Waals surface area contributed by atoms with E-state index in [0.717, 1.165) is 5.56 Å². The molecule has 2 aromatic heterocycles. The monoisotopic (exact) mass is 450 g/mol. The van der Waals surface area contributed by atoms with Crippen molar-refractivity contribution in [1.82, 2.24) is 20.1 Å². The molecule has 2 heterocycles. The van der Waals surface area contributed by atoms with Crippen molar-refractivity contribution >= 4 is 17.7 Å². The minimum absolute atomic E-state index is 0.0831. The predicted octanol–water partition coefficient (Wildman–Crippen LogP) is 5.34. The summed E-state index contributed by atoms with van der Waals surface area (Å²) in [5.41, 5.74) is 1.98. The molecule has 0 radical (unpaired) electrons. The Morgan fingerprint density at radius 1 is 1.09 bits per heavy atom. The van der Waals surface area contributed by atoms with Crippen LogP contribution in [0.25, 0.3) is 17.3 Å². The maximum atomic E-state index is 14.6. The van der Waals surface area contributed by atoms with Crippen LogP contribution in [0.4, 0.5) is 4.39 Å². The normalized spacial score (nSPS) is 11.1. The van der Waals surface area contributed by atoms with Gasteiger partial charge in [-0.3, -0.25) is 9.36 Å². The van der Waals surface area contributed by atoms with Crippen LogP contribution in [-0.4, -0.2) is 27.2 Å². The first-order valence-corrected chi connectivity index (χ1v) is 11.3. The highest BCUT2D eigenvalue weighted by Gasteiger charge is 2.20. The highest BCUT2D eigenvalue weighted by Crippen LogP contribution is 2.31. The van der Waals surface area contributed by atoms with Gasteiger partial charge in [-0.1, -0.05) is 49.9 Å². The number of halogens is 1. The molecule has 0 aliphatic carbocycles. The Labute approximate surface area is 189 Å². The lowest BCUT2D eigenvalue weighted by Gasteiger charge is -2.10. The van der Waals surface area contributed by atoms with E-state index in [-0.39, 0.29) is 11.7 Å². The zero-order valence-corrected chi connectivity index (χ0v) is 18.6. The van der Waals surface area contributed by atoms with Crippen molar-refractivity contribution in [3.63, 3.8) is 0 Å². The van der Waals surface area contributed by atoms with Gasteiger partial charge in [-0.25, -0.2) is 4.39 Å². The number of rotatable bonds is 8. The molecule has 32 heavy (non-hydrogen) atoms. The number of para-hydroxylation sites is 1. The summed E-state index contributed by atoms with van der Waals surface area (Å²) in [5, 5.41) is 12.0. The number of nitrogens with zero attached hydrogens (tertiary/aromatic N) is 3. The molecule has 0 fully saturated rings. The third-order valence-corrected chi connectivity index (χ3v) is 5.72. The average Bonchev–Trinajstić information content (AvgIpc) is 3.46. The number of nitrogens with one attached hydrogen (secondary N) is 1. The molecule has 8 heteroatoms. The van der Waals surface area contributed by atoms with Gasteiger partial charge in [0.05, 0.1) is 12.0 Å². The van der Waals surface area contributed by atoms with Gasteiger partial charge in [-0.2, -0.15) is 0 Å². The van der Waals surface area contributed by atoms with Crippen molar-refractivity contribution in [2.45, 2.75) is 24.8 Å². The van der Waals surface area contributed by atoms with Crippen molar-refractivity contribution in [3.05, 3.63) is 83.9 Å². The molecule has 2 aromatic carbocycles. The van der Waals surface area contributed by atoms with Crippen LogP contribution in [-0.2, 0) is 5.75 Å². The van der Waals surface area contributed by atoms with Crippen LogP contribution in [0.5, 0.6) is 0 Å². The van der Waals surface area contributed by atoms with E-state index in [4.69, 9.17) is 4.42 Å². The number of aromatic nitrogens is 3. The quantitative estimate of drug-likeness (QED) is 0.367. The topological polar surface area (TPSA) is 73.0 Å². The molecule has 0 unspecified atom stereocenters. The zero-order chi connectivity index (χ0) is 22.5. The number of furan rings is 1. The number of hydrogen-bond acceptors (Lipinski definition) is 5. The van der Waals surface area contributed by atoms with Gasteiger partial charge in [0.15, 0.2) is 10.9 Å². The SMILES string of the molecule is CC(C)CNC(=O)c1ccc(CSc2nnc(-c3ccco3)n2-c2ccccc2F)cc1. The van der Waals surface area contributed by atoms with Gasteiger partial charge in [-0.15, -0.1) is 10.2 Å². The van der Waals surface area contributed by atoms with E-state index in [1.165, 1.54) is 17.8 Å². The second-order valence-corrected chi connectivity index (χ2v) is 8.60. The van der Waals surface area contributed by atoms with Gasteiger partial charge in [0.2, 0.25) is 5.82 Å². The summed E-state index contributed by atoms with van der Waals surface area (Å²) < 4.78 is 21.7. The molecular weight excluding hydrogens is 427 g/mol. The number of benzene rings is 2. The zero-order valence-electron chi connectivity index (χ0n) is 17.8. The molecule has 0 saturated carbocycles. The maximum absolute atomic E-state index is 14.6. The van der Waals surface area contributed by atoms with E-state index >= 15 is 0 Å². The Kier molecular flexibility index (Phi) is 6.70. The molecule has 164 valence electrons. The molecule has 6 nitrogen and oxygen atoms in total. The lowest BCUT2D eigenvalue weighted by atomic mass is 10.1. The van der Waals surface area contributed by atoms with E-state index in [1.54, 1.807) is 53.3 Å². The Morgan fingerprint density at radius 2 is 1.88 bits per heavy atom. The summed E-state index contributed by atoms with van der Waals surface area (Å²) in [6, 6.07) is 17.4. The first-order valence-electron chi connectivity index (χ1n) is 10.3. The van der Waals surface area contributed by atoms with Crippen molar-refractivity contribution < 1.29 is 13.6 Å². The second kappa shape index (κ2) is 9.82. The van der Waals surface area contributed by atoms with Gasteiger partial charge >= 0.3 is 0 Å². The molecule has 1 amide bonds. The minimum atomic E-state index is -0.376. The Bertz CT molecular complexity index is 1190. The summed E-state index contributed by atoms with van der Waals surface area (Å²) in [7, 11) is 0. The Balaban J connectivity index is 1.54. The van der Waals surface area contributed by atoms with Crippen LogP contribution in [0.1, 0.15) is 29.8 Å². The molecule has 0 spiro atoms. The Morgan fingerprint density at radius 3 is 2.56 bits per heavy atom. The van der Waals surface area contributed by atoms with Crippen molar-refractivity contribution in [1.29, 1.82) is 0 Å². The van der Waals surface area contributed by atoms with Crippen LogP contribution >= 0.6 is 11.8 Å². The lowest BCUT2D eigenvalue weighted by molar-refractivity contribution is 0.0949. The largest absolute Gasteiger partial charge is 0.461 e. The van der Waals surface area contributed by atoms with Gasteiger partial charge < -0.3 is 9.73 Å². The molecular formula is C24H23FN4O2S. The van der Waals surface area contributed by atoms with E-state index in [1.807, 2.05) is 12.1 Å². The molecule has 0 bridgehead atoms. The fourth-order valence-electron chi connectivity index (χ4n) is 3.08. The molecule has 1 N–H and O–H groups in total. The van der Waals surface area contributed by atoms with E-state index < -0.39 is 0 Å². The fraction of sp³-hybridized carbons (Fsp3) is 0.208. The molecule has 0 aliphatic rings. The summed E-state index contributed by atoms with van der Waals surface area (Å²) in [5.74, 6) is 1.45. The van der Waals surface area contributed by atoms with Gasteiger partial charge in [0, 0.05) is 17.9 Å². The number of hydrogen-bond donors (Lipinski definition) is 1. The van der Waals surface area contributed by atoms with Gasteiger partial charge in [0.1, 0.15) is 5.82 Å². The van der Waals surface area contributed by atoms with Crippen LogP contribution < -0.4 is 5.32 Å². The smallest absolute Gasteiger partial charge is 0.251 e. The van der Waals surface area contributed by atoms with E-state index in [9.17, 15) is 9.18 Å². The van der Waals surface area contributed by atoms with E-state index in [0.29, 0.717) is 46.2 Å². The van der Waals surface area contributed by atoms with Gasteiger partial charge in [0.25, 0.3) is 5.91 Å². The number of carbonyl (C=O) groups excluding carboxylic acids is 1. The van der Waals surface area contributed by atoms with E-state index in [2.05, 4.69) is 29.4 Å². The number of carbonyl (C=O) groups is 1. The summed E-state index contributed by atoms with van der Waals surface area (Å²) in [6.07, 6.45) is 1.54. The highest BCUT2D eigenvalue weighted by molar-refractivity contribution is 7.98. The van der Waals surface area contributed by atoms with Gasteiger partial charge in [-0.05, 0) is 47.9 Å². The van der Waals surface area contributed by atoms with Crippen LogP contribution in [0.2, 0.25) is 0 Å². The first kappa shape index (κ1) is 21.8. The second-order valence-electron chi connectivity index (χ2n) is 7.66. The van der Waals surface area contributed by atoms with Crippen LogP contribution in [0.15, 0.2) is 76.5 Å². The molecule has 4 rings (SSSR count). The summed E-state index contributed by atoms with van der Waals surface area (Å²) in [4.78, 5) is 12.2. The highest BCUT2D eigenvalue weighted by atomic mass is 32.2. The Hall–Kier alpha value is -3.39.